The lowest BCUT2D eigenvalue weighted by molar-refractivity contribution is -0.117. The van der Waals surface area contributed by atoms with Crippen LogP contribution in [0.5, 0.6) is 17.4 Å². The van der Waals surface area contributed by atoms with Crippen molar-refractivity contribution in [1.82, 2.24) is 9.88 Å². The first-order valence-electron chi connectivity index (χ1n) is 8.93. The number of para-hydroxylation sites is 1. The van der Waals surface area contributed by atoms with Crippen molar-refractivity contribution in [3.05, 3.63) is 48.0 Å². The van der Waals surface area contributed by atoms with E-state index in [1.165, 1.54) is 0 Å². The van der Waals surface area contributed by atoms with Crippen LogP contribution in [-0.4, -0.2) is 41.2 Å². The summed E-state index contributed by atoms with van der Waals surface area (Å²) < 4.78 is 12.4. The van der Waals surface area contributed by atoms with Crippen molar-refractivity contribution in [2.45, 2.75) is 0 Å². The Morgan fingerprint density at radius 3 is 2.72 bits per heavy atom. The zero-order chi connectivity index (χ0) is 20.4. The average Bonchev–Trinajstić information content (AvgIpc) is 3.00. The van der Waals surface area contributed by atoms with Crippen molar-refractivity contribution < 1.29 is 24.2 Å². The molecule has 2 aromatic carbocycles. The maximum atomic E-state index is 12.3. The summed E-state index contributed by atoms with van der Waals surface area (Å²) in [5.74, 6) is -0.126. The molecule has 2 heterocycles. The lowest BCUT2D eigenvalue weighted by atomic mass is 10.2. The van der Waals surface area contributed by atoms with E-state index in [0.29, 0.717) is 35.7 Å². The lowest BCUT2D eigenvalue weighted by Gasteiger charge is -2.18. The smallest absolute Gasteiger partial charge is 0.283 e. The maximum absolute atomic E-state index is 12.3. The van der Waals surface area contributed by atoms with Crippen LogP contribution < -0.4 is 14.8 Å². The number of hydrogen-bond acceptors (Lipinski definition) is 6. The van der Waals surface area contributed by atoms with Crippen molar-refractivity contribution >= 4 is 28.4 Å². The number of hydrogen-bond donors (Lipinski definition) is 2. The maximum Gasteiger partial charge on any atom is 0.283 e. The van der Waals surface area contributed by atoms with Crippen LogP contribution in [0.3, 0.4) is 0 Å². The number of carbonyl (C=O) groups is 2. The van der Waals surface area contributed by atoms with Gasteiger partial charge in [0.05, 0.1) is 5.52 Å². The Labute approximate surface area is 165 Å². The van der Waals surface area contributed by atoms with E-state index in [1.807, 2.05) is 12.1 Å². The first-order chi connectivity index (χ1) is 14.0. The number of ether oxygens (including phenoxy) is 2. The molecular weight excluding hydrogens is 376 g/mol. The lowest BCUT2D eigenvalue weighted by Crippen LogP contribution is -2.28. The summed E-state index contributed by atoms with van der Waals surface area (Å²) in [5.41, 5.74) is 1.30. The summed E-state index contributed by atoms with van der Waals surface area (Å²) in [4.78, 5) is 24.3. The molecule has 0 bridgehead atoms. The Bertz CT molecular complexity index is 1140. The minimum atomic E-state index is -0.650. The molecule has 9 heteroatoms. The van der Waals surface area contributed by atoms with E-state index in [-0.39, 0.29) is 18.1 Å². The first kappa shape index (κ1) is 18.5. The summed E-state index contributed by atoms with van der Waals surface area (Å²) >= 11 is 0. The number of azo groups is 1. The fourth-order valence-electron chi connectivity index (χ4n) is 3.04. The Balaban J connectivity index is 1.42. The highest BCUT2D eigenvalue weighted by molar-refractivity contribution is 5.97. The monoisotopic (exact) mass is 394 g/mol. The third-order valence-corrected chi connectivity index (χ3v) is 4.52. The van der Waals surface area contributed by atoms with Gasteiger partial charge in [-0.15, -0.1) is 10.2 Å². The fourth-order valence-corrected chi connectivity index (χ4v) is 3.04. The van der Waals surface area contributed by atoms with Gasteiger partial charge in [0.25, 0.3) is 11.8 Å². The first-order valence-corrected chi connectivity index (χ1v) is 8.93. The summed E-state index contributed by atoms with van der Waals surface area (Å²) in [7, 11) is 1.69. The number of amides is 2. The highest BCUT2D eigenvalue weighted by Gasteiger charge is 2.16. The highest BCUT2D eigenvalue weighted by Crippen LogP contribution is 2.37. The van der Waals surface area contributed by atoms with Crippen LogP contribution >= 0.6 is 0 Å². The zero-order valence-electron chi connectivity index (χ0n) is 15.6. The van der Waals surface area contributed by atoms with E-state index in [2.05, 4.69) is 15.5 Å². The molecule has 0 spiro atoms. The van der Waals surface area contributed by atoms with Gasteiger partial charge in [0, 0.05) is 18.0 Å². The van der Waals surface area contributed by atoms with Crippen LogP contribution in [0.2, 0.25) is 0 Å². The molecule has 1 aliphatic heterocycles. The molecule has 9 nitrogen and oxygen atoms in total. The van der Waals surface area contributed by atoms with Gasteiger partial charge in [-0.05, 0) is 24.3 Å². The van der Waals surface area contributed by atoms with E-state index in [0.717, 1.165) is 5.52 Å². The number of nitrogens with zero attached hydrogens (tertiary/aromatic N) is 3. The van der Waals surface area contributed by atoms with Crippen molar-refractivity contribution in [2.24, 2.45) is 17.3 Å². The van der Waals surface area contributed by atoms with Crippen LogP contribution in [0.1, 0.15) is 10.4 Å². The number of carbonyl (C=O) groups excluding carboxylic acids is 2. The van der Waals surface area contributed by atoms with Crippen molar-refractivity contribution in [2.75, 3.05) is 19.8 Å². The number of rotatable bonds is 4. The van der Waals surface area contributed by atoms with Crippen LogP contribution in [-0.2, 0) is 11.8 Å². The molecule has 2 N–H and O–H groups in total. The molecule has 3 aromatic rings. The second kappa shape index (κ2) is 7.63. The molecule has 0 unspecified atom stereocenters. The second-order valence-corrected chi connectivity index (χ2v) is 6.38. The Kier molecular flexibility index (Phi) is 4.86. The molecule has 0 saturated heterocycles. The number of nitrogens with one attached hydrogen (secondary N) is 1. The molecule has 0 atom stereocenters. The quantitative estimate of drug-likeness (QED) is 0.661. The number of fused-ring (bicyclic) bond motifs is 2. The normalized spacial score (nSPS) is 13.0. The van der Waals surface area contributed by atoms with Crippen molar-refractivity contribution in [3.8, 4) is 17.4 Å². The van der Waals surface area contributed by atoms with Gasteiger partial charge in [0.1, 0.15) is 19.8 Å². The van der Waals surface area contributed by atoms with Gasteiger partial charge in [-0.2, -0.15) is 0 Å². The summed E-state index contributed by atoms with van der Waals surface area (Å²) in [6, 6.07) is 12.0. The molecule has 0 radical (unpaired) electrons. The van der Waals surface area contributed by atoms with Gasteiger partial charge in [-0.25, -0.2) is 0 Å². The van der Waals surface area contributed by atoms with Gasteiger partial charge in [0.2, 0.25) is 5.88 Å². The van der Waals surface area contributed by atoms with Gasteiger partial charge in [-0.3, -0.25) is 9.59 Å². The molecule has 0 aliphatic carbocycles. The molecule has 0 saturated carbocycles. The summed E-state index contributed by atoms with van der Waals surface area (Å²) in [5, 5.41) is 20.9. The summed E-state index contributed by atoms with van der Waals surface area (Å²) in [6.07, 6.45) is 0. The van der Waals surface area contributed by atoms with E-state index >= 15 is 0 Å². The van der Waals surface area contributed by atoms with Crippen LogP contribution in [0.15, 0.2) is 52.7 Å². The summed E-state index contributed by atoms with van der Waals surface area (Å²) in [6.45, 7) is 0.546. The minimum Gasteiger partial charge on any atom is -0.493 e. The number of aromatic hydroxyl groups is 1. The zero-order valence-corrected chi connectivity index (χ0v) is 15.6. The van der Waals surface area contributed by atoms with Crippen LogP contribution in [0, 0.1) is 0 Å². The van der Waals surface area contributed by atoms with Gasteiger partial charge in [-0.1, -0.05) is 18.2 Å². The van der Waals surface area contributed by atoms with Crippen molar-refractivity contribution in [1.29, 1.82) is 0 Å². The standard InChI is InChI=1S/C20H18N4O5/c1-24-14-5-3-2-4-13(14)18(20(24)27)23-22-17(25)11-21-19(26)12-6-7-15-16(10-12)29-9-8-28-15/h2-7,10,27H,8-9,11H2,1H3,(H,21,26). The Morgan fingerprint density at radius 2 is 1.90 bits per heavy atom. The molecule has 1 aromatic heterocycles. The molecule has 0 fully saturated rings. The van der Waals surface area contributed by atoms with Gasteiger partial charge in [0.15, 0.2) is 17.2 Å². The molecule has 4 rings (SSSR count). The predicted molar refractivity (Wildman–Crippen MR) is 104 cm³/mol. The molecule has 1 aliphatic rings. The topological polar surface area (TPSA) is 115 Å². The van der Waals surface area contributed by atoms with E-state index in [4.69, 9.17) is 9.47 Å². The molecule has 2 amide bonds. The largest absolute Gasteiger partial charge is 0.493 e. The van der Waals surface area contributed by atoms with Crippen LogP contribution in [0.25, 0.3) is 10.9 Å². The fraction of sp³-hybridized carbons (Fsp3) is 0.200. The minimum absolute atomic E-state index is 0.0944. The average molecular weight is 394 g/mol. The third-order valence-electron chi connectivity index (χ3n) is 4.52. The van der Waals surface area contributed by atoms with Gasteiger partial charge < -0.3 is 24.5 Å². The van der Waals surface area contributed by atoms with E-state index in [9.17, 15) is 14.7 Å². The Morgan fingerprint density at radius 1 is 1.14 bits per heavy atom. The third kappa shape index (κ3) is 3.62. The molecule has 29 heavy (non-hydrogen) atoms. The predicted octanol–water partition coefficient (Wildman–Crippen LogP) is 2.70. The number of aryl methyl sites for hydroxylation is 1. The molecular formula is C20H18N4O5. The number of aromatic nitrogens is 1. The molecule has 148 valence electrons. The van der Waals surface area contributed by atoms with Gasteiger partial charge >= 0.3 is 0 Å². The van der Waals surface area contributed by atoms with Crippen LogP contribution in [0.4, 0.5) is 5.69 Å². The SMILES string of the molecule is Cn1c(O)c(N=NC(=O)CNC(=O)c2ccc3c(c2)OCCO3)c2ccccc21. The van der Waals surface area contributed by atoms with E-state index in [1.54, 1.807) is 41.9 Å². The number of benzene rings is 2. The highest BCUT2D eigenvalue weighted by atomic mass is 16.6. The Hall–Kier alpha value is -3.88. The van der Waals surface area contributed by atoms with Crippen molar-refractivity contribution in [3.63, 3.8) is 0 Å². The van der Waals surface area contributed by atoms with E-state index < -0.39 is 11.8 Å². The second-order valence-electron chi connectivity index (χ2n) is 6.38.